The van der Waals surface area contributed by atoms with Crippen LogP contribution in [-0.4, -0.2) is 54.0 Å². The Morgan fingerprint density at radius 3 is 2.46 bits per heavy atom. The molecule has 0 radical (unpaired) electrons. The molecule has 1 fully saturated rings. The number of benzene rings is 2. The maximum atomic E-state index is 13.4. The molecule has 2 aromatic rings. The third kappa shape index (κ3) is 7.41. The van der Waals surface area contributed by atoms with Gasteiger partial charge in [-0.3, -0.25) is 9.59 Å². The molecule has 7 nitrogen and oxygen atoms in total. The average Bonchev–Trinajstić information content (AvgIpc) is 3.08. The van der Waals surface area contributed by atoms with Gasteiger partial charge in [0.15, 0.2) is 0 Å². The summed E-state index contributed by atoms with van der Waals surface area (Å²) >= 11 is 0. The van der Waals surface area contributed by atoms with Crippen LogP contribution in [-0.2, 0) is 19.8 Å². The van der Waals surface area contributed by atoms with Gasteiger partial charge in [-0.15, -0.1) is 0 Å². The van der Waals surface area contributed by atoms with Crippen LogP contribution in [0.15, 0.2) is 54.6 Å². The van der Waals surface area contributed by atoms with E-state index in [0.717, 1.165) is 37.9 Å². The van der Waals surface area contributed by atoms with Crippen molar-refractivity contribution in [3.8, 4) is 5.75 Å². The van der Waals surface area contributed by atoms with Crippen LogP contribution in [0.25, 0.3) is 0 Å². The van der Waals surface area contributed by atoms with Crippen molar-refractivity contribution in [2.75, 3.05) is 20.1 Å². The van der Waals surface area contributed by atoms with Gasteiger partial charge in [0, 0.05) is 18.4 Å². The van der Waals surface area contributed by atoms with Gasteiger partial charge in [-0.05, 0) is 62.0 Å². The molecule has 3 atom stereocenters. The summed E-state index contributed by atoms with van der Waals surface area (Å²) in [6.07, 6.45) is 4.19. The van der Waals surface area contributed by atoms with Gasteiger partial charge < -0.3 is 20.1 Å². The highest BCUT2D eigenvalue weighted by Gasteiger charge is 2.34. The summed E-state index contributed by atoms with van der Waals surface area (Å²) < 4.78 is 5.86. The fourth-order valence-electron chi connectivity index (χ4n) is 5.28. The van der Waals surface area contributed by atoms with E-state index in [0.29, 0.717) is 11.3 Å². The Balaban J connectivity index is 1.82. The van der Waals surface area contributed by atoms with E-state index in [2.05, 4.69) is 30.3 Å². The number of aliphatic carboxylic acids is 1. The molecule has 7 heteroatoms. The minimum Gasteiger partial charge on any atom is -0.480 e. The van der Waals surface area contributed by atoms with Gasteiger partial charge in [0.2, 0.25) is 5.91 Å². The van der Waals surface area contributed by atoms with Crippen molar-refractivity contribution in [2.45, 2.75) is 70.3 Å². The first-order chi connectivity index (χ1) is 17.6. The number of likely N-dealkylation sites (N-methyl/N-ethyl adjacent to an activating group) is 1. The molecule has 0 aliphatic carbocycles. The first-order valence-electron chi connectivity index (χ1n) is 13.2. The summed E-state index contributed by atoms with van der Waals surface area (Å²) in [5.41, 5.74) is 1.80. The minimum absolute atomic E-state index is 0.00489. The van der Waals surface area contributed by atoms with Crippen molar-refractivity contribution in [3.63, 3.8) is 0 Å². The van der Waals surface area contributed by atoms with E-state index in [4.69, 9.17) is 4.74 Å². The molecule has 1 amide bonds. The molecule has 3 unspecified atom stereocenters. The Morgan fingerprint density at radius 2 is 1.81 bits per heavy atom. The summed E-state index contributed by atoms with van der Waals surface area (Å²) in [4.78, 5) is 40.2. The lowest BCUT2D eigenvalue weighted by atomic mass is 9.74. The third-order valence-electron chi connectivity index (χ3n) is 7.48. The van der Waals surface area contributed by atoms with Crippen LogP contribution in [0.2, 0.25) is 0 Å². The number of nitrogens with one attached hydrogen (secondary N) is 1. The van der Waals surface area contributed by atoms with Crippen LogP contribution in [0.5, 0.6) is 5.75 Å². The number of carboxylic acid groups (broad SMARTS) is 1. The van der Waals surface area contributed by atoms with Crippen LogP contribution in [0, 0.1) is 5.92 Å². The standard InChI is InChI=1S/C30H40N2O5/c1-5-30(16-9-10-17-32(4)20-30)23-14-11-15-24(18-23)37-29(36)25(22-12-7-6-8-13-22)19-26(33)31-27(21(2)3)28(34)35/h6-8,11-15,18,21,25,27H,5,9-10,16-17,19-20H2,1-4H3,(H,31,33)(H,34,35). The highest BCUT2D eigenvalue weighted by molar-refractivity contribution is 5.89. The minimum atomic E-state index is -1.10. The fraction of sp³-hybridized carbons (Fsp3) is 0.500. The van der Waals surface area contributed by atoms with E-state index < -0.39 is 29.8 Å². The molecule has 0 spiro atoms. The first kappa shape index (κ1) is 28.4. The number of hydrogen-bond acceptors (Lipinski definition) is 5. The lowest BCUT2D eigenvalue weighted by Crippen LogP contribution is -2.45. The van der Waals surface area contributed by atoms with Crippen molar-refractivity contribution in [2.24, 2.45) is 5.92 Å². The van der Waals surface area contributed by atoms with E-state index in [9.17, 15) is 19.5 Å². The molecule has 2 aromatic carbocycles. The average molecular weight is 509 g/mol. The predicted molar refractivity (Wildman–Crippen MR) is 144 cm³/mol. The van der Waals surface area contributed by atoms with E-state index in [1.54, 1.807) is 44.2 Å². The second-order valence-corrected chi connectivity index (χ2v) is 10.6. The van der Waals surface area contributed by atoms with Crippen molar-refractivity contribution in [3.05, 3.63) is 65.7 Å². The van der Waals surface area contributed by atoms with Gasteiger partial charge in [-0.2, -0.15) is 0 Å². The second kappa shape index (κ2) is 12.9. The Bertz CT molecular complexity index is 1070. The van der Waals surface area contributed by atoms with Crippen LogP contribution in [0.4, 0.5) is 0 Å². The van der Waals surface area contributed by atoms with Crippen LogP contribution < -0.4 is 10.1 Å². The Morgan fingerprint density at radius 1 is 1.08 bits per heavy atom. The quantitative estimate of drug-likeness (QED) is 0.355. The second-order valence-electron chi connectivity index (χ2n) is 10.6. The van der Waals surface area contributed by atoms with Crippen LogP contribution in [0.3, 0.4) is 0 Å². The maximum Gasteiger partial charge on any atom is 0.326 e. The maximum absolute atomic E-state index is 13.4. The topological polar surface area (TPSA) is 95.9 Å². The van der Waals surface area contributed by atoms with Gasteiger partial charge in [0.05, 0.1) is 5.92 Å². The van der Waals surface area contributed by atoms with Gasteiger partial charge in [0.25, 0.3) is 0 Å². The highest BCUT2D eigenvalue weighted by atomic mass is 16.5. The first-order valence-corrected chi connectivity index (χ1v) is 13.2. The van der Waals surface area contributed by atoms with Gasteiger partial charge in [-0.1, -0.05) is 69.7 Å². The summed E-state index contributed by atoms with van der Waals surface area (Å²) in [5.74, 6) is -2.86. The number of rotatable bonds is 10. The zero-order valence-corrected chi connectivity index (χ0v) is 22.4. The van der Waals surface area contributed by atoms with Crippen molar-refractivity contribution >= 4 is 17.8 Å². The summed E-state index contributed by atoms with van der Waals surface area (Å²) in [6, 6.07) is 15.7. The molecule has 1 heterocycles. The van der Waals surface area contributed by atoms with E-state index in [1.165, 1.54) is 6.42 Å². The summed E-state index contributed by atoms with van der Waals surface area (Å²) in [6.45, 7) is 7.70. The molecule has 1 aliphatic heterocycles. The molecule has 0 bridgehead atoms. The normalized spacial score (nSPS) is 20.0. The zero-order valence-electron chi connectivity index (χ0n) is 22.4. The molecule has 0 saturated carbocycles. The number of hydrogen-bond donors (Lipinski definition) is 2. The summed E-state index contributed by atoms with van der Waals surface area (Å²) in [5, 5.41) is 12.0. The van der Waals surface area contributed by atoms with Gasteiger partial charge in [0.1, 0.15) is 11.8 Å². The molecule has 2 N–H and O–H groups in total. The smallest absolute Gasteiger partial charge is 0.326 e. The lowest BCUT2D eigenvalue weighted by Gasteiger charge is -2.35. The highest BCUT2D eigenvalue weighted by Crippen LogP contribution is 2.38. The Kier molecular flexibility index (Phi) is 9.86. The van der Waals surface area contributed by atoms with Crippen molar-refractivity contribution in [1.29, 1.82) is 0 Å². The Hall–Kier alpha value is -3.19. The predicted octanol–water partition coefficient (Wildman–Crippen LogP) is 4.75. The zero-order chi connectivity index (χ0) is 27.0. The Labute approximate surface area is 220 Å². The molecule has 3 rings (SSSR count). The van der Waals surface area contributed by atoms with E-state index in [-0.39, 0.29) is 17.8 Å². The van der Waals surface area contributed by atoms with Crippen molar-refractivity contribution in [1.82, 2.24) is 10.2 Å². The number of amides is 1. The monoisotopic (exact) mass is 508 g/mol. The molecule has 1 saturated heterocycles. The number of carbonyl (C=O) groups excluding carboxylic acids is 2. The molecular weight excluding hydrogens is 468 g/mol. The number of esters is 1. The van der Waals surface area contributed by atoms with E-state index >= 15 is 0 Å². The van der Waals surface area contributed by atoms with E-state index in [1.807, 2.05) is 18.2 Å². The molecule has 37 heavy (non-hydrogen) atoms. The number of carboxylic acids is 1. The number of carbonyl (C=O) groups is 3. The number of nitrogens with zero attached hydrogens (tertiary/aromatic N) is 1. The molecule has 200 valence electrons. The van der Waals surface area contributed by atoms with Gasteiger partial charge in [-0.25, -0.2) is 4.79 Å². The van der Waals surface area contributed by atoms with Gasteiger partial charge >= 0.3 is 11.9 Å². The van der Waals surface area contributed by atoms with Crippen LogP contribution in [0.1, 0.15) is 69.9 Å². The summed E-state index contributed by atoms with van der Waals surface area (Å²) in [7, 11) is 2.16. The van der Waals surface area contributed by atoms with Crippen molar-refractivity contribution < 1.29 is 24.2 Å². The molecule has 0 aromatic heterocycles. The third-order valence-corrected chi connectivity index (χ3v) is 7.48. The lowest BCUT2D eigenvalue weighted by molar-refractivity contribution is -0.143. The number of ether oxygens (including phenoxy) is 1. The number of likely N-dealkylation sites (tertiary alicyclic amines) is 1. The largest absolute Gasteiger partial charge is 0.480 e. The van der Waals surface area contributed by atoms with Crippen LogP contribution >= 0.6 is 0 Å². The fourth-order valence-corrected chi connectivity index (χ4v) is 5.28. The SMILES string of the molecule is CCC1(c2cccc(OC(=O)C(CC(=O)NC(C(=O)O)C(C)C)c3ccccc3)c2)CCCCN(C)C1. The molecule has 1 aliphatic rings. The molecular formula is C30H40N2O5.